The molecule has 1 aliphatic rings. The molecule has 1 aliphatic heterocycles. The number of halogens is 1. The summed E-state index contributed by atoms with van der Waals surface area (Å²) < 4.78 is 1.80. The van der Waals surface area contributed by atoms with Gasteiger partial charge in [-0.05, 0) is 31.0 Å². The Kier molecular flexibility index (Phi) is 3.76. The highest BCUT2D eigenvalue weighted by atomic mass is 35.5. The highest BCUT2D eigenvalue weighted by Crippen LogP contribution is 2.26. The van der Waals surface area contributed by atoms with Crippen molar-refractivity contribution in [2.24, 2.45) is 0 Å². The molecule has 2 aromatic rings. The lowest BCUT2D eigenvalue weighted by atomic mass is 10.0. The number of amides is 1. The fourth-order valence-electron chi connectivity index (χ4n) is 3.06. The van der Waals surface area contributed by atoms with Crippen LogP contribution in [0.25, 0.3) is 11.0 Å². The lowest BCUT2D eigenvalue weighted by Crippen LogP contribution is -2.40. The van der Waals surface area contributed by atoms with Crippen LogP contribution < -0.4 is 5.69 Å². The second kappa shape index (κ2) is 5.56. The third-order valence-electron chi connectivity index (χ3n) is 4.16. The van der Waals surface area contributed by atoms with E-state index in [2.05, 4.69) is 4.98 Å². The number of carbonyl (C=O) groups is 1. The van der Waals surface area contributed by atoms with Crippen LogP contribution in [0.4, 0.5) is 0 Å². The predicted octanol–water partition coefficient (Wildman–Crippen LogP) is 2.56. The molecule has 1 aromatic heterocycles. The monoisotopic (exact) mass is 307 g/mol. The number of aromatic amines is 1. The minimum atomic E-state index is -0.104. The first-order valence-corrected chi connectivity index (χ1v) is 7.65. The van der Waals surface area contributed by atoms with Gasteiger partial charge in [-0.2, -0.15) is 0 Å². The summed E-state index contributed by atoms with van der Waals surface area (Å²) in [5.74, 6) is 0.187. The van der Waals surface area contributed by atoms with Gasteiger partial charge in [-0.3, -0.25) is 9.36 Å². The van der Waals surface area contributed by atoms with Gasteiger partial charge < -0.3 is 9.88 Å². The number of benzene rings is 1. The number of hydrogen-bond donors (Lipinski definition) is 1. The summed E-state index contributed by atoms with van der Waals surface area (Å²) in [6.07, 6.45) is 2.15. The summed E-state index contributed by atoms with van der Waals surface area (Å²) in [7, 11) is 0. The molecule has 0 unspecified atom stereocenters. The molecule has 0 spiro atoms. The maximum Gasteiger partial charge on any atom is 0.326 e. The average Bonchev–Trinajstić information content (AvgIpc) is 2.81. The van der Waals surface area contributed by atoms with Crippen LogP contribution >= 0.6 is 11.6 Å². The molecule has 0 bridgehead atoms. The zero-order valence-electron chi connectivity index (χ0n) is 11.9. The van der Waals surface area contributed by atoms with Crippen LogP contribution in [-0.4, -0.2) is 33.4 Å². The van der Waals surface area contributed by atoms with Gasteiger partial charge >= 0.3 is 5.69 Å². The van der Waals surface area contributed by atoms with Crippen molar-refractivity contribution in [3.05, 3.63) is 33.7 Å². The van der Waals surface area contributed by atoms with Crippen molar-refractivity contribution in [1.82, 2.24) is 14.5 Å². The fourth-order valence-corrected chi connectivity index (χ4v) is 3.23. The molecule has 1 N–H and O–H groups in total. The summed E-state index contributed by atoms with van der Waals surface area (Å²) in [6, 6.07) is 5.57. The van der Waals surface area contributed by atoms with E-state index >= 15 is 0 Å². The quantitative estimate of drug-likeness (QED) is 0.927. The number of piperidine rings is 1. The zero-order chi connectivity index (χ0) is 15.0. The smallest absolute Gasteiger partial charge is 0.326 e. The lowest BCUT2D eigenvalue weighted by Gasteiger charge is -2.32. The Morgan fingerprint density at radius 1 is 1.38 bits per heavy atom. The number of nitrogens with one attached hydrogen (secondary N) is 1. The second-order valence-electron chi connectivity index (χ2n) is 5.43. The van der Waals surface area contributed by atoms with Gasteiger partial charge in [-0.1, -0.05) is 18.5 Å². The SMILES string of the molecule is CCC(=O)N1CCC(n2c(=O)[nH]c3cc(Cl)ccc32)CC1. The summed E-state index contributed by atoms with van der Waals surface area (Å²) in [5.41, 5.74) is 1.54. The number of likely N-dealkylation sites (tertiary alicyclic amines) is 1. The Bertz CT molecular complexity index is 726. The molecule has 6 heteroatoms. The first-order chi connectivity index (χ1) is 10.1. The van der Waals surface area contributed by atoms with Crippen LogP contribution in [0, 0.1) is 0 Å². The Balaban J connectivity index is 1.87. The van der Waals surface area contributed by atoms with E-state index in [9.17, 15) is 9.59 Å². The van der Waals surface area contributed by atoms with E-state index in [0.717, 1.165) is 23.9 Å². The highest BCUT2D eigenvalue weighted by Gasteiger charge is 2.25. The third-order valence-corrected chi connectivity index (χ3v) is 4.40. The molecule has 0 atom stereocenters. The van der Waals surface area contributed by atoms with Gasteiger partial charge in [-0.15, -0.1) is 0 Å². The number of hydrogen-bond acceptors (Lipinski definition) is 2. The van der Waals surface area contributed by atoms with Gasteiger partial charge in [0.25, 0.3) is 0 Å². The van der Waals surface area contributed by atoms with E-state index in [1.807, 2.05) is 17.9 Å². The van der Waals surface area contributed by atoms with Crippen LogP contribution in [0.1, 0.15) is 32.2 Å². The maximum atomic E-state index is 12.2. The molecule has 0 aliphatic carbocycles. The maximum absolute atomic E-state index is 12.2. The van der Waals surface area contributed by atoms with E-state index in [-0.39, 0.29) is 17.6 Å². The molecule has 0 radical (unpaired) electrons. The second-order valence-corrected chi connectivity index (χ2v) is 5.86. The lowest BCUT2D eigenvalue weighted by molar-refractivity contribution is -0.132. The first kappa shape index (κ1) is 14.2. The van der Waals surface area contributed by atoms with E-state index in [4.69, 9.17) is 11.6 Å². The van der Waals surface area contributed by atoms with Crippen molar-refractivity contribution in [2.75, 3.05) is 13.1 Å². The molecule has 112 valence electrons. The van der Waals surface area contributed by atoms with Crippen molar-refractivity contribution >= 4 is 28.5 Å². The molecule has 2 heterocycles. The van der Waals surface area contributed by atoms with Crippen molar-refractivity contribution in [2.45, 2.75) is 32.2 Å². The number of nitrogens with zero attached hydrogens (tertiary/aromatic N) is 2. The minimum absolute atomic E-state index is 0.104. The van der Waals surface area contributed by atoms with E-state index < -0.39 is 0 Å². The molecule has 1 aromatic carbocycles. The van der Waals surface area contributed by atoms with Crippen molar-refractivity contribution in [1.29, 1.82) is 0 Å². The molecule has 1 saturated heterocycles. The number of aromatic nitrogens is 2. The number of H-pyrrole nitrogens is 1. The number of imidazole rings is 1. The summed E-state index contributed by atoms with van der Waals surface area (Å²) in [6.45, 7) is 3.30. The largest absolute Gasteiger partial charge is 0.343 e. The molecule has 5 nitrogen and oxygen atoms in total. The van der Waals surface area contributed by atoms with Crippen LogP contribution in [0.5, 0.6) is 0 Å². The molecule has 21 heavy (non-hydrogen) atoms. The molecular formula is C15H18ClN3O2. The van der Waals surface area contributed by atoms with Crippen LogP contribution in [0.15, 0.2) is 23.0 Å². The fraction of sp³-hybridized carbons (Fsp3) is 0.467. The Morgan fingerprint density at radius 2 is 2.10 bits per heavy atom. The molecular weight excluding hydrogens is 290 g/mol. The van der Waals surface area contributed by atoms with Crippen LogP contribution in [0.3, 0.4) is 0 Å². The standard InChI is InChI=1S/C15H18ClN3O2/c1-2-14(20)18-7-5-11(6-8-18)19-13-4-3-10(16)9-12(13)17-15(19)21/h3-4,9,11H,2,5-8H2,1H3,(H,17,21). The van der Waals surface area contributed by atoms with Gasteiger partial charge in [0.05, 0.1) is 11.0 Å². The number of rotatable bonds is 2. The first-order valence-electron chi connectivity index (χ1n) is 7.27. The normalized spacial score (nSPS) is 16.6. The number of fused-ring (bicyclic) bond motifs is 1. The Labute approximate surface area is 127 Å². The van der Waals surface area contributed by atoms with Gasteiger partial charge in [0.2, 0.25) is 5.91 Å². The minimum Gasteiger partial charge on any atom is -0.343 e. The van der Waals surface area contributed by atoms with Crippen LogP contribution in [0.2, 0.25) is 5.02 Å². The van der Waals surface area contributed by atoms with Crippen molar-refractivity contribution in [3.8, 4) is 0 Å². The Morgan fingerprint density at radius 3 is 2.76 bits per heavy atom. The van der Waals surface area contributed by atoms with Gasteiger partial charge in [0, 0.05) is 30.6 Å². The van der Waals surface area contributed by atoms with E-state index in [1.54, 1.807) is 16.7 Å². The van der Waals surface area contributed by atoms with Gasteiger partial charge in [-0.25, -0.2) is 4.79 Å². The zero-order valence-corrected chi connectivity index (χ0v) is 12.7. The Hall–Kier alpha value is -1.75. The summed E-state index contributed by atoms with van der Waals surface area (Å²) >= 11 is 5.96. The van der Waals surface area contributed by atoms with Gasteiger partial charge in [0.15, 0.2) is 0 Å². The third kappa shape index (κ3) is 2.58. The van der Waals surface area contributed by atoms with E-state index in [0.29, 0.717) is 24.5 Å². The average molecular weight is 308 g/mol. The topological polar surface area (TPSA) is 58.1 Å². The van der Waals surface area contributed by atoms with Crippen LogP contribution in [-0.2, 0) is 4.79 Å². The van der Waals surface area contributed by atoms with Gasteiger partial charge in [0.1, 0.15) is 0 Å². The summed E-state index contributed by atoms with van der Waals surface area (Å²) in [5, 5.41) is 0.610. The molecule has 3 rings (SSSR count). The van der Waals surface area contributed by atoms with E-state index in [1.165, 1.54) is 0 Å². The number of carbonyl (C=O) groups excluding carboxylic acids is 1. The van der Waals surface area contributed by atoms with Crippen molar-refractivity contribution < 1.29 is 4.79 Å². The molecule has 1 fully saturated rings. The summed E-state index contributed by atoms with van der Waals surface area (Å²) in [4.78, 5) is 28.7. The molecule has 0 saturated carbocycles. The molecule has 1 amide bonds. The predicted molar refractivity (Wildman–Crippen MR) is 82.7 cm³/mol. The highest BCUT2D eigenvalue weighted by molar-refractivity contribution is 6.31. The van der Waals surface area contributed by atoms with Crippen molar-refractivity contribution in [3.63, 3.8) is 0 Å².